The van der Waals surface area contributed by atoms with Crippen LogP contribution in [-0.4, -0.2) is 6.61 Å². The Bertz CT molecular complexity index is 101. The van der Waals surface area contributed by atoms with Gasteiger partial charge in [-0.25, -0.2) is 4.57 Å². The van der Waals surface area contributed by atoms with Crippen molar-refractivity contribution in [3.8, 4) is 0 Å². The van der Waals surface area contributed by atoms with Gasteiger partial charge in [0.05, 0.1) is 22.1 Å². The fraction of sp³-hybridized carbons (Fsp3) is 1.00. The molecule has 0 aromatic rings. The van der Waals surface area contributed by atoms with Gasteiger partial charge in [-0.2, -0.15) is 0 Å². The lowest BCUT2D eigenvalue weighted by Crippen LogP contribution is -1.81. The van der Waals surface area contributed by atoms with E-state index in [2.05, 4.69) is 20.0 Å². The summed E-state index contributed by atoms with van der Waals surface area (Å²) in [5.41, 5.74) is 0. The summed E-state index contributed by atoms with van der Waals surface area (Å²) >= 11 is 2.25. The highest BCUT2D eigenvalue weighted by Gasteiger charge is 2.13. The molecule has 0 heterocycles. The van der Waals surface area contributed by atoms with E-state index in [1.165, 1.54) is 0 Å². The summed E-state index contributed by atoms with van der Waals surface area (Å²) in [4.78, 5) is 0. The van der Waals surface area contributed by atoms with Crippen molar-refractivity contribution < 1.29 is 13.3 Å². The van der Waals surface area contributed by atoms with Crippen LogP contribution in [0.2, 0.25) is 0 Å². The molecule has 0 saturated carbocycles. The monoisotopic (exact) mass is 204 g/mol. The molecule has 0 N–H and O–H groups in total. The zero-order valence-electron chi connectivity index (χ0n) is 4.43. The molecule has 5 heteroatoms. The summed E-state index contributed by atoms with van der Waals surface area (Å²) in [6.45, 7) is 2.00. The number of hydrogen-bond acceptors (Lipinski definition) is 2. The molecule has 0 aliphatic carbocycles. The summed E-state index contributed by atoms with van der Waals surface area (Å²) in [6, 6.07) is 0. The van der Waals surface area contributed by atoms with Gasteiger partial charge in [0, 0.05) is 0 Å². The number of hydrogen-bond donors (Lipinski definition) is 0. The Kier molecular flexibility index (Phi) is 3.86. The van der Waals surface area contributed by atoms with Crippen LogP contribution in [0.15, 0.2) is 0 Å². The Balaban J connectivity index is 3.26. The topological polar surface area (TPSA) is 26.3 Å². The summed E-state index contributed by atoms with van der Waals surface area (Å²) < 4.78 is 26.0. The van der Waals surface area contributed by atoms with E-state index in [1.807, 2.05) is 6.92 Å². The van der Waals surface area contributed by atoms with E-state index in [1.54, 1.807) is 0 Å². The van der Waals surface area contributed by atoms with Gasteiger partial charge in [0.2, 0.25) is 0 Å². The minimum atomic E-state index is -3.87. The van der Waals surface area contributed by atoms with E-state index in [0.717, 1.165) is 0 Å². The Hall–Kier alpha value is 0.600. The highest BCUT2D eigenvalue weighted by atomic mass is 79.9. The van der Waals surface area contributed by atoms with Crippen molar-refractivity contribution in [3.05, 3.63) is 0 Å². The maximum atomic E-state index is 11.8. The molecule has 1 unspecified atom stereocenters. The van der Waals surface area contributed by atoms with Crippen LogP contribution in [0.1, 0.15) is 13.3 Å². The molecule has 0 aliphatic heterocycles. The Morgan fingerprint density at radius 2 is 2.38 bits per heavy atom. The third-order valence-electron chi connectivity index (χ3n) is 0.446. The molecule has 8 heavy (non-hydrogen) atoms. The normalized spacial score (nSPS) is 17.9. The second kappa shape index (κ2) is 3.59. The molecule has 0 aromatic heterocycles. The maximum absolute atomic E-state index is 11.8. The van der Waals surface area contributed by atoms with Crippen molar-refractivity contribution >= 4 is 21.9 Å². The second-order valence-corrected chi connectivity index (χ2v) is 4.88. The van der Waals surface area contributed by atoms with E-state index in [0.29, 0.717) is 6.42 Å². The lowest BCUT2D eigenvalue weighted by atomic mass is 10.5. The third kappa shape index (κ3) is 6.60. The molecular formula is C3H7BrFO2P. The van der Waals surface area contributed by atoms with Gasteiger partial charge in [0.25, 0.3) is 0 Å². The number of halogens is 2. The minimum absolute atomic E-state index is 0.193. The average molecular weight is 205 g/mol. The van der Waals surface area contributed by atoms with Crippen LogP contribution in [0, 0.1) is 0 Å². The van der Waals surface area contributed by atoms with Crippen LogP contribution >= 0.6 is 21.9 Å². The van der Waals surface area contributed by atoms with Crippen molar-refractivity contribution in [2.24, 2.45) is 0 Å². The smallest absolute Gasteiger partial charge is 0.297 e. The van der Waals surface area contributed by atoms with Crippen molar-refractivity contribution in [3.63, 3.8) is 0 Å². The first-order valence-electron chi connectivity index (χ1n) is 2.20. The summed E-state index contributed by atoms with van der Waals surface area (Å²) in [7, 11) is 0. The number of rotatable bonds is 3. The van der Waals surface area contributed by atoms with E-state index < -0.39 is 6.38 Å². The molecule has 0 rings (SSSR count). The predicted molar refractivity (Wildman–Crippen MR) is 33.9 cm³/mol. The summed E-state index contributed by atoms with van der Waals surface area (Å²) in [5.74, 6) is 0. The standard InChI is InChI=1S/C3H7BrFO2P/c1-2-3-7-8(4,5)6/h2-3H2,1H3. The molecule has 0 fully saturated rings. The largest absolute Gasteiger partial charge is 0.432 e. The van der Waals surface area contributed by atoms with Gasteiger partial charge in [-0.15, -0.1) is 4.20 Å². The van der Waals surface area contributed by atoms with Crippen LogP contribution in [0.5, 0.6) is 0 Å². The molecule has 0 aliphatic rings. The third-order valence-corrected chi connectivity index (χ3v) is 1.54. The van der Waals surface area contributed by atoms with Crippen LogP contribution < -0.4 is 0 Å². The first-order chi connectivity index (χ1) is 3.56. The van der Waals surface area contributed by atoms with Crippen molar-refractivity contribution in [1.82, 2.24) is 0 Å². The molecule has 0 amide bonds. The SMILES string of the molecule is CCCOP(=O)(F)Br. The maximum Gasteiger partial charge on any atom is 0.432 e. The van der Waals surface area contributed by atoms with Crippen LogP contribution in [0.3, 0.4) is 0 Å². The zero-order valence-corrected chi connectivity index (χ0v) is 6.91. The molecule has 50 valence electrons. The minimum Gasteiger partial charge on any atom is -0.297 e. The Labute approximate surface area is 55.7 Å². The van der Waals surface area contributed by atoms with Gasteiger partial charge in [0.15, 0.2) is 0 Å². The van der Waals surface area contributed by atoms with Gasteiger partial charge in [-0.1, -0.05) is 6.92 Å². The van der Waals surface area contributed by atoms with Crippen LogP contribution in [0.25, 0.3) is 0 Å². The predicted octanol–water partition coefficient (Wildman–Crippen LogP) is 2.89. The Morgan fingerprint density at radius 1 is 1.88 bits per heavy atom. The van der Waals surface area contributed by atoms with Crippen LogP contribution in [-0.2, 0) is 9.09 Å². The second-order valence-electron chi connectivity index (χ2n) is 1.25. The van der Waals surface area contributed by atoms with Crippen LogP contribution in [0.4, 0.5) is 4.20 Å². The van der Waals surface area contributed by atoms with Gasteiger partial charge >= 0.3 is 6.38 Å². The molecular weight excluding hydrogens is 198 g/mol. The summed E-state index contributed by atoms with van der Waals surface area (Å²) in [6.07, 6.45) is -3.20. The molecule has 2 nitrogen and oxygen atoms in total. The zero-order chi connectivity index (χ0) is 6.62. The molecule has 0 radical (unpaired) electrons. The lowest BCUT2D eigenvalue weighted by molar-refractivity contribution is 0.302. The lowest BCUT2D eigenvalue weighted by Gasteiger charge is -1.97. The molecule has 0 aromatic carbocycles. The van der Waals surface area contributed by atoms with Crippen molar-refractivity contribution in [1.29, 1.82) is 0 Å². The van der Waals surface area contributed by atoms with E-state index >= 15 is 0 Å². The first-order valence-corrected chi connectivity index (χ1v) is 5.73. The fourth-order valence-electron chi connectivity index (χ4n) is 0.198. The van der Waals surface area contributed by atoms with Crippen molar-refractivity contribution in [2.45, 2.75) is 13.3 Å². The van der Waals surface area contributed by atoms with E-state index in [-0.39, 0.29) is 6.61 Å². The average Bonchev–Trinajstić information content (AvgIpc) is 1.59. The Morgan fingerprint density at radius 3 is 2.50 bits per heavy atom. The van der Waals surface area contributed by atoms with Gasteiger partial charge in [0.1, 0.15) is 0 Å². The first kappa shape index (κ1) is 8.60. The van der Waals surface area contributed by atoms with Gasteiger partial charge in [-0.3, -0.25) is 4.52 Å². The molecule has 0 bridgehead atoms. The summed E-state index contributed by atoms with van der Waals surface area (Å²) in [5, 5.41) is 0. The molecule has 0 spiro atoms. The molecule has 1 atom stereocenters. The van der Waals surface area contributed by atoms with Gasteiger partial charge < -0.3 is 0 Å². The van der Waals surface area contributed by atoms with Crippen molar-refractivity contribution in [2.75, 3.05) is 6.61 Å². The highest BCUT2D eigenvalue weighted by molar-refractivity contribution is 9.39. The fourth-order valence-corrected chi connectivity index (χ4v) is 1.03. The highest BCUT2D eigenvalue weighted by Crippen LogP contribution is 2.56. The van der Waals surface area contributed by atoms with E-state index in [9.17, 15) is 8.76 Å². The molecule has 0 saturated heterocycles. The van der Waals surface area contributed by atoms with Gasteiger partial charge in [-0.05, 0) is 6.42 Å². The van der Waals surface area contributed by atoms with E-state index in [4.69, 9.17) is 0 Å². The quantitative estimate of drug-likeness (QED) is 0.662.